The van der Waals surface area contributed by atoms with Crippen molar-refractivity contribution in [3.8, 4) is 0 Å². The number of hydrogen-bond acceptors (Lipinski definition) is 5. The highest BCUT2D eigenvalue weighted by atomic mass is 35.5. The third-order valence-electron chi connectivity index (χ3n) is 2.09. The largest absolute Gasteiger partial charge is 0.481 e. The molecule has 98 valence electrons. The maximum atomic E-state index is 11.6. The van der Waals surface area contributed by atoms with E-state index in [0.29, 0.717) is 0 Å². The zero-order valence-electron chi connectivity index (χ0n) is 9.59. The third kappa shape index (κ3) is 4.64. The van der Waals surface area contributed by atoms with Crippen LogP contribution in [0.4, 0.5) is 0 Å². The molecule has 7 nitrogen and oxygen atoms in total. The number of ether oxygens (including phenoxy) is 1. The number of aliphatic carboxylic acids is 1. The van der Waals surface area contributed by atoms with Crippen LogP contribution in [0.25, 0.3) is 0 Å². The molecule has 1 atom stereocenters. The molecule has 1 aromatic heterocycles. The first-order valence-corrected chi connectivity index (χ1v) is 5.42. The van der Waals surface area contributed by atoms with Gasteiger partial charge in [-0.15, -0.1) is 10.2 Å². The van der Waals surface area contributed by atoms with Gasteiger partial charge in [0.05, 0.1) is 12.5 Å². The normalized spacial score (nSPS) is 11.9. The Balaban J connectivity index is 2.49. The second kappa shape index (κ2) is 6.87. The molecule has 18 heavy (non-hydrogen) atoms. The van der Waals surface area contributed by atoms with E-state index in [1.165, 1.54) is 19.2 Å². The molecule has 1 rings (SSSR count). The summed E-state index contributed by atoms with van der Waals surface area (Å²) in [5, 5.41) is 18.4. The minimum absolute atomic E-state index is 0.0753. The highest BCUT2D eigenvalue weighted by Crippen LogP contribution is 2.02. The third-order valence-corrected chi connectivity index (χ3v) is 2.29. The molecule has 0 aliphatic rings. The van der Waals surface area contributed by atoms with E-state index in [2.05, 4.69) is 15.5 Å². The number of carboxylic acid groups (broad SMARTS) is 1. The summed E-state index contributed by atoms with van der Waals surface area (Å²) in [4.78, 5) is 22.1. The molecule has 1 unspecified atom stereocenters. The number of rotatable bonds is 6. The summed E-state index contributed by atoms with van der Waals surface area (Å²) >= 11 is 5.53. The molecule has 2 N–H and O–H groups in total. The average molecular weight is 274 g/mol. The van der Waals surface area contributed by atoms with Crippen molar-refractivity contribution in [2.24, 2.45) is 0 Å². The van der Waals surface area contributed by atoms with Crippen LogP contribution in [0.5, 0.6) is 0 Å². The molecular weight excluding hydrogens is 262 g/mol. The molecule has 0 saturated heterocycles. The van der Waals surface area contributed by atoms with Crippen molar-refractivity contribution in [2.45, 2.75) is 12.5 Å². The number of carbonyl (C=O) groups is 2. The van der Waals surface area contributed by atoms with Crippen molar-refractivity contribution in [1.29, 1.82) is 0 Å². The molecule has 0 aliphatic heterocycles. The summed E-state index contributed by atoms with van der Waals surface area (Å²) in [7, 11) is 1.38. The van der Waals surface area contributed by atoms with Gasteiger partial charge in [-0.05, 0) is 12.1 Å². The van der Waals surface area contributed by atoms with E-state index in [9.17, 15) is 9.59 Å². The van der Waals surface area contributed by atoms with Gasteiger partial charge in [-0.25, -0.2) is 0 Å². The molecule has 8 heteroatoms. The zero-order chi connectivity index (χ0) is 13.5. The lowest BCUT2D eigenvalue weighted by atomic mass is 10.2. The predicted molar refractivity (Wildman–Crippen MR) is 62.4 cm³/mol. The highest BCUT2D eigenvalue weighted by molar-refractivity contribution is 6.29. The molecule has 0 radical (unpaired) electrons. The summed E-state index contributed by atoms with van der Waals surface area (Å²) in [6.07, 6.45) is -0.782. The van der Waals surface area contributed by atoms with E-state index >= 15 is 0 Å². The Morgan fingerprint density at radius 2 is 2.22 bits per heavy atom. The van der Waals surface area contributed by atoms with Crippen molar-refractivity contribution in [3.63, 3.8) is 0 Å². The van der Waals surface area contributed by atoms with Crippen molar-refractivity contribution in [3.05, 3.63) is 23.0 Å². The molecule has 1 heterocycles. The first-order valence-electron chi connectivity index (χ1n) is 5.05. The molecule has 0 spiro atoms. The van der Waals surface area contributed by atoms with E-state index < -0.39 is 18.0 Å². The lowest BCUT2D eigenvalue weighted by Gasteiger charge is -2.13. The molecular formula is C10H12ClN3O4. The molecule has 0 aliphatic carbocycles. The fourth-order valence-electron chi connectivity index (χ4n) is 1.17. The zero-order valence-corrected chi connectivity index (χ0v) is 10.3. The second-order valence-electron chi connectivity index (χ2n) is 3.41. The predicted octanol–water partition coefficient (Wildman–Crippen LogP) is 0.349. The van der Waals surface area contributed by atoms with Gasteiger partial charge < -0.3 is 15.2 Å². The smallest absolute Gasteiger partial charge is 0.306 e. The Hall–Kier alpha value is -1.73. The number of nitrogens with one attached hydrogen (secondary N) is 1. The number of aromatic nitrogens is 2. The first-order chi connectivity index (χ1) is 8.52. The molecule has 0 saturated carbocycles. The van der Waals surface area contributed by atoms with Crippen LogP contribution in [0.15, 0.2) is 12.1 Å². The Bertz CT molecular complexity index is 424. The number of amides is 1. The first kappa shape index (κ1) is 14.3. The molecule has 1 amide bonds. The van der Waals surface area contributed by atoms with Gasteiger partial charge in [-0.3, -0.25) is 9.59 Å². The second-order valence-corrected chi connectivity index (χ2v) is 3.79. The van der Waals surface area contributed by atoms with Gasteiger partial charge >= 0.3 is 5.97 Å². The van der Waals surface area contributed by atoms with Crippen molar-refractivity contribution in [2.75, 3.05) is 13.7 Å². The van der Waals surface area contributed by atoms with E-state index in [-0.39, 0.29) is 23.8 Å². The van der Waals surface area contributed by atoms with Crippen LogP contribution in [0.3, 0.4) is 0 Å². The van der Waals surface area contributed by atoms with Gasteiger partial charge in [0.2, 0.25) is 0 Å². The Kier molecular flexibility index (Phi) is 5.47. The minimum atomic E-state index is -0.998. The van der Waals surface area contributed by atoms with E-state index in [0.717, 1.165) is 0 Å². The number of hydrogen-bond donors (Lipinski definition) is 2. The number of methoxy groups -OCH3 is 1. The van der Waals surface area contributed by atoms with Crippen molar-refractivity contribution in [1.82, 2.24) is 15.5 Å². The topological polar surface area (TPSA) is 101 Å². The summed E-state index contributed by atoms with van der Waals surface area (Å²) in [5.74, 6) is -1.46. The summed E-state index contributed by atoms with van der Waals surface area (Å²) in [6.45, 7) is 0.0753. The molecule has 1 aromatic rings. The molecule has 0 bridgehead atoms. The lowest BCUT2D eigenvalue weighted by Crippen LogP contribution is -2.34. The summed E-state index contributed by atoms with van der Waals surface area (Å²) in [6, 6.07) is 2.86. The summed E-state index contributed by atoms with van der Waals surface area (Å²) in [5.41, 5.74) is 0.101. The van der Waals surface area contributed by atoms with Gasteiger partial charge in [0.1, 0.15) is 0 Å². The van der Waals surface area contributed by atoms with Gasteiger partial charge in [0, 0.05) is 13.7 Å². The van der Waals surface area contributed by atoms with Crippen LogP contribution in [0, 0.1) is 0 Å². The maximum absolute atomic E-state index is 11.6. The highest BCUT2D eigenvalue weighted by Gasteiger charge is 2.15. The van der Waals surface area contributed by atoms with E-state index in [1.807, 2.05) is 0 Å². The Labute approximate surface area is 108 Å². The number of nitrogens with zero attached hydrogens (tertiary/aromatic N) is 2. The van der Waals surface area contributed by atoms with E-state index in [4.69, 9.17) is 21.4 Å². The van der Waals surface area contributed by atoms with Gasteiger partial charge in [0.25, 0.3) is 5.91 Å². The SMILES string of the molecule is COC(CNC(=O)c1ccc(Cl)nn1)CC(=O)O. The van der Waals surface area contributed by atoms with Crippen LogP contribution in [-0.2, 0) is 9.53 Å². The van der Waals surface area contributed by atoms with Crippen molar-refractivity contribution >= 4 is 23.5 Å². The van der Waals surface area contributed by atoms with Crippen molar-refractivity contribution < 1.29 is 19.4 Å². The standard InChI is InChI=1S/C10H12ClN3O4/c1-18-6(4-9(15)16)5-12-10(17)7-2-3-8(11)14-13-7/h2-3,6H,4-5H2,1H3,(H,12,17)(H,15,16). The van der Waals surface area contributed by atoms with E-state index in [1.54, 1.807) is 0 Å². The maximum Gasteiger partial charge on any atom is 0.306 e. The number of halogens is 1. The van der Waals surface area contributed by atoms with Gasteiger partial charge in [0.15, 0.2) is 10.8 Å². The fraction of sp³-hybridized carbons (Fsp3) is 0.400. The fourth-order valence-corrected chi connectivity index (χ4v) is 1.27. The summed E-state index contributed by atoms with van der Waals surface area (Å²) < 4.78 is 4.91. The van der Waals surface area contributed by atoms with Crippen LogP contribution in [-0.4, -0.2) is 46.9 Å². The monoisotopic (exact) mass is 273 g/mol. The molecule has 0 fully saturated rings. The Morgan fingerprint density at radius 3 is 2.72 bits per heavy atom. The van der Waals surface area contributed by atoms with Crippen LogP contribution in [0.2, 0.25) is 5.15 Å². The number of carbonyl (C=O) groups excluding carboxylic acids is 1. The van der Waals surface area contributed by atoms with Gasteiger partial charge in [-0.2, -0.15) is 0 Å². The van der Waals surface area contributed by atoms with Crippen LogP contribution >= 0.6 is 11.6 Å². The Morgan fingerprint density at radius 1 is 1.50 bits per heavy atom. The van der Waals surface area contributed by atoms with Crippen LogP contribution < -0.4 is 5.32 Å². The lowest BCUT2D eigenvalue weighted by molar-refractivity contribution is -0.139. The average Bonchev–Trinajstić information content (AvgIpc) is 2.34. The van der Waals surface area contributed by atoms with Gasteiger partial charge in [-0.1, -0.05) is 11.6 Å². The quantitative estimate of drug-likeness (QED) is 0.775. The molecule has 0 aromatic carbocycles. The van der Waals surface area contributed by atoms with Crippen LogP contribution in [0.1, 0.15) is 16.9 Å². The number of carboxylic acids is 1. The minimum Gasteiger partial charge on any atom is -0.481 e.